The number of benzene rings is 2. The molecule has 0 aliphatic heterocycles. The van der Waals surface area contributed by atoms with Crippen molar-refractivity contribution in [1.82, 2.24) is 5.32 Å². The Morgan fingerprint density at radius 3 is 2.35 bits per heavy atom. The lowest BCUT2D eigenvalue weighted by molar-refractivity contribution is 0.471. The molecule has 2 aromatic carbocycles. The van der Waals surface area contributed by atoms with Gasteiger partial charge in [0.25, 0.3) is 0 Å². The summed E-state index contributed by atoms with van der Waals surface area (Å²) in [6.45, 7) is 0. The maximum absolute atomic E-state index is 6.42. The monoisotopic (exact) mass is 305 g/mol. The Labute approximate surface area is 129 Å². The van der Waals surface area contributed by atoms with Crippen LogP contribution in [0.3, 0.4) is 0 Å². The first-order valence-electron chi connectivity index (χ1n) is 6.92. The summed E-state index contributed by atoms with van der Waals surface area (Å²) in [6, 6.07) is 15.0. The lowest BCUT2D eigenvalue weighted by Crippen LogP contribution is -2.24. The third-order valence-electron chi connectivity index (χ3n) is 4.20. The molecule has 0 saturated heterocycles. The Balaban J connectivity index is 2.10. The highest BCUT2D eigenvalue weighted by Gasteiger charge is 2.28. The predicted molar refractivity (Wildman–Crippen MR) is 85.8 cm³/mol. The number of hydrogen-bond donors (Lipinski definition) is 1. The van der Waals surface area contributed by atoms with Crippen LogP contribution in [-0.2, 0) is 0 Å². The molecule has 3 rings (SSSR count). The fourth-order valence-corrected chi connectivity index (χ4v) is 3.64. The molecular formula is C17H17Cl2N. The van der Waals surface area contributed by atoms with E-state index < -0.39 is 0 Å². The Bertz CT molecular complexity index is 624. The van der Waals surface area contributed by atoms with Crippen LogP contribution in [0, 0.1) is 0 Å². The van der Waals surface area contributed by atoms with Crippen LogP contribution in [0.4, 0.5) is 0 Å². The van der Waals surface area contributed by atoms with Crippen molar-refractivity contribution < 1.29 is 0 Å². The Kier molecular flexibility index (Phi) is 4.02. The molecule has 0 heterocycles. The van der Waals surface area contributed by atoms with Gasteiger partial charge in [0.15, 0.2) is 0 Å². The third kappa shape index (κ3) is 2.35. The maximum Gasteiger partial charge on any atom is 0.0630 e. The summed E-state index contributed by atoms with van der Waals surface area (Å²) in [5.74, 6) is 0.335. The molecule has 2 atom stereocenters. The summed E-state index contributed by atoms with van der Waals surface area (Å²) in [7, 11) is 2.02. The second kappa shape index (κ2) is 5.77. The van der Waals surface area contributed by atoms with Gasteiger partial charge >= 0.3 is 0 Å². The first-order chi connectivity index (χ1) is 9.72. The molecule has 0 amide bonds. The van der Waals surface area contributed by atoms with E-state index in [0.29, 0.717) is 22.0 Å². The van der Waals surface area contributed by atoms with Gasteiger partial charge in [-0.3, -0.25) is 0 Å². The van der Waals surface area contributed by atoms with Crippen molar-refractivity contribution in [2.75, 3.05) is 7.05 Å². The fourth-order valence-electron chi connectivity index (χ4n) is 3.20. The lowest BCUT2D eigenvalue weighted by Gasteiger charge is -2.32. The summed E-state index contributed by atoms with van der Waals surface area (Å²) in [4.78, 5) is 0. The minimum Gasteiger partial charge on any atom is -0.313 e. The molecule has 2 aromatic rings. The van der Waals surface area contributed by atoms with E-state index in [0.717, 1.165) is 18.4 Å². The number of nitrogens with one attached hydrogen (secondary N) is 1. The minimum absolute atomic E-state index is 0.335. The molecule has 104 valence electrons. The standard InChI is InChI=1S/C17H17Cl2N/c1-20-16-10-9-12(11-5-2-3-6-13(11)16)14-7-4-8-15(18)17(14)19/h2-8,12,16,20H,9-10H2,1H3/t12-,16+/m1/s1. The zero-order valence-electron chi connectivity index (χ0n) is 11.4. The Hall–Kier alpha value is -1.02. The molecule has 1 N–H and O–H groups in total. The largest absolute Gasteiger partial charge is 0.313 e. The van der Waals surface area contributed by atoms with Gasteiger partial charge in [-0.05, 0) is 42.6 Å². The molecule has 1 aliphatic carbocycles. The van der Waals surface area contributed by atoms with Crippen LogP contribution in [0.1, 0.15) is 41.5 Å². The van der Waals surface area contributed by atoms with Crippen LogP contribution in [-0.4, -0.2) is 7.05 Å². The highest BCUT2D eigenvalue weighted by atomic mass is 35.5. The van der Waals surface area contributed by atoms with Gasteiger partial charge in [0, 0.05) is 12.0 Å². The van der Waals surface area contributed by atoms with Gasteiger partial charge in [-0.1, -0.05) is 59.6 Å². The SMILES string of the molecule is CN[C@H]1CC[C@@H](c2cccc(Cl)c2Cl)c2ccccc21. The molecule has 1 aliphatic rings. The maximum atomic E-state index is 6.42. The van der Waals surface area contributed by atoms with Crippen LogP contribution >= 0.6 is 23.2 Å². The molecule has 0 aromatic heterocycles. The molecule has 3 heteroatoms. The third-order valence-corrected chi connectivity index (χ3v) is 5.03. The van der Waals surface area contributed by atoms with Gasteiger partial charge in [-0.25, -0.2) is 0 Å². The molecule has 20 heavy (non-hydrogen) atoms. The summed E-state index contributed by atoms with van der Waals surface area (Å²) in [6.07, 6.45) is 2.20. The van der Waals surface area contributed by atoms with E-state index in [1.807, 2.05) is 19.2 Å². The second-order valence-electron chi connectivity index (χ2n) is 5.24. The van der Waals surface area contributed by atoms with E-state index in [-0.39, 0.29) is 0 Å². The molecular weight excluding hydrogens is 289 g/mol. The average Bonchev–Trinajstić information content (AvgIpc) is 2.49. The van der Waals surface area contributed by atoms with E-state index in [2.05, 4.69) is 35.6 Å². The van der Waals surface area contributed by atoms with Crippen LogP contribution in [0.25, 0.3) is 0 Å². The van der Waals surface area contributed by atoms with Crippen LogP contribution in [0.15, 0.2) is 42.5 Å². The number of hydrogen-bond acceptors (Lipinski definition) is 1. The highest BCUT2D eigenvalue weighted by molar-refractivity contribution is 6.42. The fraction of sp³-hybridized carbons (Fsp3) is 0.294. The summed E-state index contributed by atoms with van der Waals surface area (Å²) >= 11 is 12.6. The van der Waals surface area contributed by atoms with Crippen molar-refractivity contribution in [2.45, 2.75) is 24.8 Å². The molecule has 0 unspecified atom stereocenters. The van der Waals surface area contributed by atoms with Crippen molar-refractivity contribution >= 4 is 23.2 Å². The summed E-state index contributed by atoms with van der Waals surface area (Å²) < 4.78 is 0. The van der Waals surface area contributed by atoms with Crippen LogP contribution in [0.5, 0.6) is 0 Å². The average molecular weight is 306 g/mol. The van der Waals surface area contributed by atoms with E-state index in [9.17, 15) is 0 Å². The predicted octanol–water partition coefficient (Wildman–Crippen LogP) is 5.18. The number of halogens is 2. The molecule has 0 saturated carbocycles. The van der Waals surface area contributed by atoms with E-state index >= 15 is 0 Å². The van der Waals surface area contributed by atoms with Crippen molar-refractivity contribution in [1.29, 1.82) is 0 Å². The van der Waals surface area contributed by atoms with Gasteiger partial charge in [0.1, 0.15) is 0 Å². The number of rotatable bonds is 2. The van der Waals surface area contributed by atoms with Crippen LogP contribution < -0.4 is 5.32 Å². The van der Waals surface area contributed by atoms with Gasteiger partial charge < -0.3 is 5.32 Å². The smallest absolute Gasteiger partial charge is 0.0630 e. The summed E-state index contributed by atoms with van der Waals surface area (Å²) in [5.41, 5.74) is 3.88. The van der Waals surface area contributed by atoms with Gasteiger partial charge in [0.05, 0.1) is 10.0 Å². The quantitative estimate of drug-likeness (QED) is 0.806. The molecule has 0 spiro atoms. The van der Waals surface area contributed by atoms with E-state index in [1.54, 1.807) is 0 Å². The van der Waals surface area contributed by atoms with Crippen molar-refractivity contribution in [3.63, 3.8) is 0 Å². The molecule has 0 radical (unpaired) electrons. The highest BCUT2D eigenvalue weighted by Crippen LogP contribution is 2.44. The van der Waals surface area contributed by atoms with Crippen molar-refractivity contribution in [3.8, 4) is 0 Å². The number of fused-ring (bicyclic) bond motifs is 1. The summed E-state index contributed by atoms with van der Waals surface area (Å²) in [5, 5.41) is 4.73. The van der Waals surface area contributed by atoms with Gasteiger partial charge in [-0.15, -0.1) is 0 Å². The van der Waals surface area contributed by atoms with Crippen LogP contribution in [0.2, 0.25) is 10.0 Å². The molecule has 0 bridgehead atoms. The topological polar surface area (TPSA) is 12.0 Å². The first-order valence-corrected chi connectivity index (χ1v) is 7.68. The zero-order valence-corrected chi connectivity index (χ0v) is 12.9. The Morgan fingerprint density at radius 1 is 0.900 bits per heavy atom. The second-order valence-corrected chi connectivity index (χ2v) is 6.03. The molecule has 0 fully saturated rings. The minimum atomic E-state index is 0.335. The molecule has 1 nitrogen and oxygen atoms in total. The normalized spacial score (nSPS) is 21.6. The van der Waals surface area contributed by atoms with E-state index in [4.69, 9.17) is 23.2 Å². The lowest BCUT2D eigenvalue weighted by atomic mass is 9.77. The van der Waals surface area contributed by atoms with Gasteiger partial charge in [0.2, 0.25) is 0 Å². The Morgan fingerprint density at radius 2 is 1.60 bits per heavy atom. The zero-order chi connectivity index (χ0) is 14.1. The van der Waals surface area contributed by atoms with Crippen molar-refractivity contribution in [3.05, 3.63) is 69.2 Å². The van der Waals surface area contributed by atoms with Crippen molar-refractivity contribution in [2.24, 2.45) is 0 Å². The van der Waals surface area contributed by atoms with E-state index in [1.165, 1.54) is 11.1 Å². The first kappa shape index (κ1) is 13.9. The van der Waals surface area contributed by atoms with Gasteiger partial charge in [-0.2, -0.15) is 0 Å².